The summed E-state index contributed by atoms with van der Waals surface area (Å²) in [6.07, 6.45) is 0.112. The minimum absolute atomic E-state index is 0.206. The van der Waals surface area contributed by atoms with Crippen LogP contribution in [0, 0.1) is 6.92 Å². The van der Waals surface area contributed by atoms with E-state index in [1.54, 1.807) is 6.07 Å². The van der Waals surface area contributed by atoms with Gasteiger partial charge in [0.15, 0.2) is 5.11 Å². The molecule has 0 saturated heterocycles. The molecule has 0 unspecified atom stereocenters. The van der Waals surface area contributed by atoms with Crippen LogP contribution in [0.1, 0.15) is 36.8 Å². The summed E-state index contributed by atoms with van der Waals surface area (Å²) in [6, 6.07) is 4.48. The van der Waals surface area contributed by atoms with Crippen molar-refractivity contribution in [3.63, 3.8) is 0 Å². The Hall–Kier alpha value is -1.30. The van der Waals surface area contributed by atoms with E-state index < -0.39 is 11.7 Å². The number of halogens is 3. The zero-order valence-corrected chi connectivity index (χ0v) is 12.0. The number of anilines is 1. The van der Waals surface area contributed by atoms with Crippen molar-refractivity contribution in [1.82, 2.24) is 5.32 Å². The zero-order valence-electron chi connectivity index (χ0n) is 11.2. The fourth-order valence-electron chi connectivity index (χ4n) is 2.43. The molecule has 0 bridgehead atoms. The SMILES string of the molecule is Cc1ccc(NC(=S)NC2CCCC2)cc1C(F)(F)F. The van der Waals surface area contributed by atoms with Crippen LogP contribution in [0.5, 0.6) is 0 Å². The van der Waals surface area contributed by atoms with Crippen molar-refractivity contribution < 1.29 is 13.2 Å². The average Bonchev–Trinajstić information content (AvgIpc) is 2.83. The minimum atomic E-state index is -4.34. The molecular weight excluding hydrogens is 285 g/mol. The number of hydrogen-bond donors (Lipinski definition) is 2. The van der Waals surface area contributed by atoms with E-state index in [0.29, 0.717) is 16.8 Å². The highest BCUT2D eigenvalue weighted by Crippen LogP contribution is 2.33. The van der Waals surface area contributed by atoms with Crippen LogP contribution in [0.2, 0.25) is 0 Å². The van der Waals surface area contributed by atoms with Gasteiger partial charge < -0.3 is 10.6 Å². The summed E-state index contributed by atoms with van der Waals surface area (Å²) < 4.78 is 38.5. The summed E-state index contributed by atoms with van der Waals surface area (Å²) in [5.74, 6) is 0. The molecular formula is C14H17F3N2S. The first-order valence-corrected chi connectivity index (χ1v) is 7.02. The van der Waals surface area contributed by atoms with Crippen LogP contribution in [0.3, 0.4) is 0 Å². The molecule has 0 radical (unpaired) electrons. The molecule has 2 rings (SSSR count). The van der Waals surface area contributed by atoms with Crippen LogP contribution in [0.25, 0.3) is 0 Å². The third-order valence-electron chi connectivity index (χ3n) is 3.49. The standard InChI is InChI=1S/C14H17F3N2S/c1-9-6-7-11(8-12(9)14(15,16)17)19-13(20)18-10-4-2-3-5-10/h6-8,10H,2-5H2,1H3,(H2,18,19,20). The molecule has 0 spiro atoms. The summed E-state index contributed by atoms with van der Waals surface area (Å²) >= 11 is 5.14. The topological polar surface area (TPSA) is 24.1 Å². The Morgan fingerprint density at radius 1 is 1.25 bits per heavy atom. The maximum atomic E-state index is 12.8. The van der Waals surface area contributed by atoms with Crippen LogP contribution in [0.15, 0.2) is 18.2 Å². The first-order valence-electron chi connectivity index (χ1n) is 6.61. The molecule has 1 aliphatic rings. The van der Waals surface area contributed by atoms with Gasteiger partial charge in [-0.25, -0.2) is 0 Å². The predicted molar refractivity (Wildman–Crippen MR) is 77.8 cm³/mol. The molecule has 1 saturated carbocycles. The molecule has 1 fully saturated rings. The van der Waals surface area contributed by atoms with Gasteiger partial charge in [0.1, 0.15) is 0 Å². The third-order valence-corrected chi connectivity index (χ3v) is 3.71. The second kappa shape index (κ2) is 5.99. The van der Waals surface area contributed by atoms with Gasteiger partial charge in [-0.1, -0.05) is 18.9 Å². The average molecular weight is 302 g/mol. The van der Waals surface area contributed by atoms with E-state index in [1.165, 1.54) is 25.8 Å². The van der Waals surface area contributed by atoms with Crippen LogP contribution in [-0.2, 0) is 6.18 Å². The number of benzene rings is 1. The highest BCUT2D eigenvalue weighted by atomic mass is 32.1. The number of aryl methyl sites for hydroxylation is 1. The predicted octanol–water partition coefficient (Wildman–Crippen LogP) is 4.24. The zero-order chi connectivity index (χ0) is 14.8. The van der Waals surface area contributed by atoms with Crippen molar-refractivity contribution >= 4 is 23.0 Å². The lowest BCUT2D eigenvalue weighted by Gasteiger charge is -2.17. The van der Waals surface area contributed by atoms with E-state index in [-0.39, 0.29) is 5.56 Å². The quantitative estimate of drug-likeness (QED) is 0.799. The van der Waals surface area contributed by atoms with E-state index in [4.69, 9.17) is 12.2 Å². The Morgan fingerprint density at radius 2 is 1.90 bits per heavy atom. The van der Waals surface area contributed by atoms with E-state index in [9.17, 15) is 13.2 Å². The van der Waals surface area contributed by atoms with Gasteiger partial charge >= 0.3 is 6.18 Å². The van der Waals surface area contributed by atoms with Gasteiger partial charge in [0, 0.05) is 11.7 Å². The van der Waals surface area contributed by atoms with Crippen molar-refractivity contribution in [2.75, 3.05) is 5.32 Å². The Bertz CT molecular complexity index is 494. The van der Waals surface area contributed by atoms with Crippen molar-refractivity contribution in [2.24, 2.45) is 0 Å². The normalized spacial score (nSPS) is 16.2. The molecule has 20 heavy (non-hydrogen) atoms. The van der Waals surface area contributed by atoms with Crippen molar-refractivity contribution in [3.05, 3.63) is 29.3 Å². The highest BCUT2D eigenvalue weighted by Gasteiger charge is 2.32. The Labute approximate surface area is 121 Å². The summed E-state index contributed by atoms with van der Waals surface area (Å²) in [4.78, 5) is 0. The molecule has 2 nitrogen and oxygen atoms in total. The highest BCUT2D eigenvalue weighted by molar-refractivity contribution is 7.80. The molecule has 0 atom stereocenters. The van der Waals surface area contributed by atoms with Crippen LogP contribution >= 0.6 is 12.2 Å². The Morgan fingerprint density at radius 3 is 2.50 bits per heavy atom. The maximum absolute atomic E-state index is 12.8. The molecule has 1 aromatic carbocycles. The van der Waals surface area contributed by atoms with Crippen LogP contribution in [0.4, 0.5) is 18.9 Å². The summed E-state index contributed by atoms with van der Waals surface area (Å²) in [5.41, 5.74) is -0.0673. The Balaban J connectivity index is 2.04. The van der Waals surface area contributed by atoms with E-state index >= 15 is 0 Å². The minimum Gasteiger partial charge on any atom is -0.360 e. The lowest BCUT2D eigenvalue weighted by atomic mass is 10.1. The van der Waals surface area contributed by atoms with Gasteiger partial charge in [0.25, 0.3) is 0 Å². The molecule has 0 aliphatic heterocycles. The Kier molecular flexibility index (Phi) is 4.52. The first kappa shape index (κ1) is 15.1. The van der Waals surface area contributed by atoms with Crippen LogP contribution < -0.4 is 10.6 Å². The van der Waals surface area contributed by atoms with Gasteiger partial charge in [-0.05, 0) is 49.7 Å². The molecule has 1 aliphatic carbocycles. The first-order chi connectivity index (χ1) is 9.36. The molecule has 110 valence electrons. The van der Waals surface area contributed by atoms with Gasteiger partial charge in [-0.2, -0.15) is 13.2 Å². The lowest BCUT2D eigenvalue weighted by molar-refractivity contribution is -0.138. The number of hydrogen-bond acceptors (Lipinski definition) is 1. The number of rotatable bonds is 2. The molecule has 0 heterocycles. The molecule has 0 aromatic heterocycles. The van der Waals surface area contributed by atoms with Gasteiger partial charge in [0.2, 0.25) is 0 Å². The molecule has 0 amide bonds. The van der Waals surface area contributed by atoms with E-state index in [0.717, 1.165) is 18.9 Å². The fourth-order valence-corrected chi connectivity index (χ4v) is 2.71. The molecule has 2 N–H and O–H groups in total. The van der Waals surface area contributed by atoms with Crippen molar-refractivity contribution in [1.29, 1.82) is 0 Å². The summed E-state index contributed by atoms with van der Waals surface area (Å²) in [5, 5.41) is 6.35. The third kappa shape index (κ3) is 3.85. The van der Waals surface area contributed by atoms with Gasteiger partial charge in [0.05, 0.1) is 5.56 Å². The monoisotopic (exact) mass is 302 g/mol. The van der Waals surface area contributed by atoms with Gasteiger partial charge in [-0.3, -0.25) is 0 Å². The second-order valence-electron chi connectivity index (χ2n) is 5.11. The number of nitrogens with one attached hydrogen (secondary N) is 2. The maximum Gasteiger partial charge on any atom is 0.416 e. The largest absolute Gasteiger partial charge is 0.416 e. The van der Waals surface area contributed by atoms with E-state index in [1.807, 2.05) is 0 Å². The fraction of sp³-hybridized carbons (Fsp3) is 0.500. The number of thiocarbonyl (C=S) groups is 1. The number of alkyl halides is 3. The second-order valence-corrected chi connectivity index (χ2v) is 5.52. The molecule has 6 heteroatoms. The lowest BCUT2D eigenvalue weighted by Crippen LogP contribution is -2.35. The van der Waals surface area contributed by atoms with Crippen molar-refractivity contribution in [3.8, 4) is 0 Å². The molecule has 1 aromatic rings. The smallest absolute Gasteiger partial charge is 0.360 e. The van der Waals surface area contributed by atoms with Crippen molar-refractivity contribution in [2.45, 2.75) is 44.8 Å². The summed E-state index contributed by atoms with van der Waals surface area (Å²) in [7, 11) is 0. The van der Waals surface area contributed by atoms with Gasteiger partial charge in [-0.15, -0.1) is 0 Å². The van der Waals surface area contributed by atoms with E-state index in [2.05, 4.69) is 10.6 Å². The van der Waals surface area contributed by atoms with Crippen LogP contribution in [-0.4, -0.2) is 11.2 Å². The summed E-state index contributed by atoms with van der Waals surface area (Å²) in [6.45, 7) is 1.45.